The van der Waals surface area contributed by atoms with Crippen LogP contribution in [0.5, 0.6) is 0 Å². The molecule has 2 aromatic rings. The molecule has 3 rings (SSSR count). The monoisotopic (exact) mass is 333 g/mol. The molecule has 0 N–H and O–H groups in total. The molecule has 2 atom stereocenters. The fourth-order valence-electron chi connectivity index (χ4n) is 4.05. The molecule has 2 unspecified atom stereocenters. The normalized spacial score (nSPS) is 20.6. The van der Waals surface area contributed by atoms with Crippen LogP contribution < -0.4 is 0 Å². The van der Waals surface area contributed by atoms with E-state index in [0.29, 0.717) is 5.92 Å². The molecule has 1 heteroatoms. The largest absolute Gasteiger partial charge is 0.309 e. The van der Waals surface area contributed by atoms with Gasteiger partial charge in [0.1, 0.15) is 0 Å². The summed E-state index contributed by atoms with van der Waals surface area (Å²) < 4.78 is 0. The maximum atomic E-state index is 2.53. The van der Waals surface area contributed by atoms with Gasteiger partial charge in [-0.05, 0) is 75.2 Å². The smallest absolute Gasteiger partial charge is 0.00444 e. The van der Waals surface area contributed by atoms with Gasteiger partial charge in [-0.3, -0.25) is 0 Å². The van der Waals surface area contributed by atoms with Crippen molar-refractivity contribution in [1.82, 2.24) is 4.90 Å². The van der Waals surface area contributed by atoms with Crippen molar-refractivity contribution in [2.75, 3.05) is 20.6 Å². The van der Waals surface area contributed by atoms with Crippen molar-refractivity contribution in [2.45, 2.75) is 32.6 Å². The molecular weight excluding hydrogens is 302 g/mol. The molecule has 0 spiro atoms. The van der Waals surface area contributed by atoms with Gasteiger partial charge in [0.15, 0.2) is 0 Å². The molecule has 1 nitrogen and oxygen atoms in total. The molecule has 25 heavy (non-hydrogen) atoms. The highest BCUT2D eigenvalue weighted by molar-refractivity contribution is 5.68. The van der Waals surface area contributed by atoms with Gasteiger partial charge in [0, 0.05) is 6.54 Å². The third kappa shape index (κ3) is 5.06. The standard InChI is InChI=1S/C24H31N/c1-19-9-14-22(15-10-19)24-16-13-21(17-23(24)18-25(2)3)12-11-20-7-5-4-6-8-20/h4-10,14-16,21,23H,11-13,17-18H2,1-3H3. The topological polar surface area (TPSA) is 3.24 Å². The molecule has 0 fully saturated rings. The second-order valence-electron chi connectivity index (χ2n) is 7.85. The Bertz CT molecular complexity index is 682. The second kappa shape index (κ2) is 8.49. The summed E-state index contributed by atoms with van der Waals surface area (Å²) in [5.74, 6) is 1.45. The second-order valence-corrected chi connectivity index (χ2v) is 7.85. The van der Waals surface area contributed by atoms with Crippen LogP contribution in [0, 0.1) is 18.8 Å². The van der Waals surface area contributed by atoms with Crippen LogP contribution in [-0.4, -0.2) is 25.5 Å². The zero-order valence-corrected chi connectivity index (χ0v) is 15.9. The van der Waals surface area contributed by atoms with E-state index in [0.717, 1.165) is 12.5 Å². The predicted octanol–water partition coefficient (Wildman–Crippen LogP) is 5.60. The first kappa shape index (κ1) is 17.9. The van der Waals surface area contributed by atoms with E-state index in [-0.39, 0.29) is 0 Å². The molecule has 0 heterocycles. The Morgan fingerprint density at radius 1 is 0.960 bits per heavy atom. The Morgan fingerprint density at radius 2 is 1.68 bits per heavy atom. The molecule has 1 aliphatic carbocycles. The Kier molecular flexibility index (Phi) is 6.09. The molecule has 0 aliphatic heterocycles. The minimum absolute atomic E-state index is 0.646. The van der Waals surface area contributed by atoms with Gasteiger partial charge in [0.05, 0.1) is 0 Å². The van der Waals surface area contributed by atoms with Gasteiger partial charge in [0.25, 0.3) is 0 Å². The van der Waals surface area contributed by atoms with E-state index in [2.05, 4.69) is 86.6 Å². The highest BCUT2D eigenvalue weighted by Crippen LogP contribution is 2.37. The van der Waals surface area contributed by atoms with E-state index in [4.69, 9.17) is 0 Å². The first-order valence-electron chi connectivity index (χ1n) is 9.57. The number of allylic oxidation sites excluding steroid dienone is 1. The number of aryl methyl sites for hydroxylation is 2. The number of hydrogen-bond donors (Lipinski definition) is 0. The summed E-state index contributed by atoms with van der Waals surface area (Å²) in [6, 6.07) is 20.0. The third-order valence-electron chi connectivity index (χ3n) is 5.38. The van der Waals surface area contributed by atoms with Crippen molar-refractivity contribution >= 4 is 5.57 Å². The van der Waals surface area contributed by atoms with E-state index in [1.54, 1.807) is 5.57 Å². The van der Waals surface area contributed by atoms with Crippen LogP contribution >= 0.6 is 0 Å². The van der Waals surface area contributed by atoms with Crippen molar-refractivity contribution in [3.63, 3.8) is 0 Å². The SMILES string of the molecule is Cc1ccc(C2=CCC(CCc3ccccc3)CC2CN(C)C)cc1. The summed E-state index contributed by atoms with van der Waals surface area (Å²) in [5.41, 5.74) is 5.79. The minimum atomic E-state index is 0.646. The van der Waals surface area contributed by atoms with Crippen LogP contribution in [0.15, 0.2) is 60.7 Å². The first-order chi connectivity index (χ1) is 12.1. The molecule has 0 bridgehead atoms. The van der Waals surface area contributed by atoms with Gasteiger partial charge < -0.3 is 4.90 Å². The summed E-state index contributed by atoms with van der Waals surface area (Å²) in [7, 11) is 4.39. The van der Waals surface area contributed by atoms with Gasteiger partial charge in [0.2, 0.25) is 0 Å². The van der Waals surface area contributed by atoms with Crippen LogP contribution in [0.2, 0.25) is 0 Å². The third-order valence-corrected chi connectivity index (χ3v) is 5.38. The van der Waals surface area contributed by atoms with Gasteiger partial charge >= 0.3 is 0 Å². The van der Waals surface area contributed by atoms with Crippen LogP contribution in [0.4, 0.5) is 0 Å². The van der Waals surface area contributed by atoms with Crippen molar-refractivity contribution in [2.24, 2.45) is 11.8 Å². The van der Waals surface area contributed by atoms with Gasteiger partial charge in [-0.25, -0.2) is 0 Å². The van der Waals surface area contributed by atoms with E-state index in [9.17, 15) is 0 Å². The number of nitrogens with zero attached hydrogens (tertiary/aromatic N) is 1. The number of rotatable bonds is 6. The Hall–Kier alpha value is -1.86. The zero-order chi connectivity index (χ0) is 17.6. The molecule has 2 aromatic carbocycles. The molecule has 132 valence electrons. The fourth-order valence-corrected chi connectivity index (χ4v) is 4.05. The van der Waals surface area contributed by atoms with Gasteiger partial charge in [-0.15, -0.1) is 0 Å². The highest BCUT2D eigenvalue weighted by Gasteiger charge is 2.25. The summed E-state index contributed by atoms with van der Waals surface area (Å²) >= 11 is 0. The molecule has 1 aliphatic rings. The summed E-state index contributed by atoms with van der Waals surface area (Å²) in [6.45, 7) is 3.30. The molecule has 0 radical (unpaired) electrons. The Labute approximate surface area is 153 Å². The lowest BCUT2D eigenvalue weighted by Gasteiger charge is -2.32. The minimum Gasteiger partial charge on any atom is -0.309 e. The van der Waals surface area contributed by atoms with Gasteiger partial charge in [-0.2, -0.15) is 0 Å². The average molecular weight is 334 g/mol. The lowest BCUT2D eigenvalue weighted by molar-refractivity contribution is 0.304. The lowest BCUT2D eigenvalue weighted by atomic mass is 9.76. The zero-order valence-electron chi connectivity index (χ0n) is 15.9. The quantitative estimate of drug-likeness (QED) is 0.665. The number of hydrogen-bond acceptors (Lipinski definition) is 1. The van der Waals surface area contributed by atoms with Crippen molar-refractivity contribution in [1.29, 1.82) is 0 Å². The van der Waals surface area contributed by atoms with Crippen LogP contribution in [0.1, 0.15) is 36.0 Å². The highest BCUT2D eigenvalue weighted by atomic mass is 15.1. The van der Waals surface area contributed by atoms with E-state index >= 15 is 0 Å². The molecule has 0 saturated carbocycles. The average Bonchev–Trinajstić information content (AvgIpc) is 2.61. The van der Waals surface area contributed by atoms with E-state index in [1.165, 1.54) is 42.4 Å². The molecule has 0 aromatic heterocycles. The van der Waals surface area contributed by atoms with Crippen LogP contribution in [0.25, 0.3) is 5.57 Å². The van der Waals surface area contributed by atoms with Crippen LogP contribution in [-0.2, 0) is 6.42 Å². The molecule has 0 saturated heterocycles. The van der Waals surface area contributed by atoms with Gasteiger partial charge in [-0.1, -0.05) is 66.2 Å². The van der Waals surface area contributed by atoms with Crippen molar-refractivity contribution in [3.05, 3.63) is 77.4 Å². The maximum Gasteiger partial charge on any atom is 0.00444 e. The van der Waals surface area contributed by atoms with Crippen LogP contribution in [0.3, 0.4) is 0 Å². The van der Waals surface area contributed by atoms with E-state index < -0.39 is 0 Å². The Balaban J connectivity index is 1.70. The van der Waals surface area contributed by atoms with E-state index in [1.807, 2.05) is 0 Å². The molecule has 0 amide bonds. The van der Waals surface area contributed by atoms with Crippen molar-refractivity contribution < 1.29 is 0 Å². The fraction of sp³-hybridized carbons (Fsp3) is 0.417. The summed E-state index contributed by atoms with van der Waals surface area (Å²) in [4.78, 5) is 2.34. The summed E-state index contributed by atoms with van der Waals surface area (Å²) in [6.07, 6.45) is 7.56. The van der Waals surface area contributed by atoms with Crippen molar-refractivity contribution in [3.8, 4) is 0 Å². The summed E-state index contributed by atoms with van der Waals surface area (Å²) in [5, 5.41) is 0. The molecular formula is C24H31N. The Morgan fingerprint density at radius 3 is 2.36 bits per heavy atom. The lowest BCUT2D eigenvalue weighted by Crippen LogP contribution is -2.27. The first-order valence-corrected chi connectivity index (χ1v) is 9.57. The maximum absolute atomic E-state index is 2.53. The predicted molar refractivity (Wildman–Crippen MR) is 109 cm³/mol. The number of benzene rings is 2.